The van der Waals surface area contributed by atoms with Crippen LogP contribution in [-0.2, 0) is 0 Å². The molecule has 1 aromatic rings. The molecule has 0 spiro atoms. The number of para-hydroxylation sites is 1. The van der Waals surface area contributed by atoms with E-state index in [9.17, 15) is 0 Å². The molecule has 0 saturated carbocycles. The highest BCUT2D eigenvalue weighted by molar-refractivity contribution is 5.87. The third-order valence-electron chi connectivity index (χ3n) is 3.83. The predicted molar refractivity (Wildman–Crippen MR) is 87.7 cm³/mol. The number of rotatable bonds is 2. The molecule has 0 unspecified atom stereocenters. The van der Waals surface area contributed by atoms with Gasteiger partial charge in [0.2, 0.25) is 0 Å². The van der Waals surface area contributed by atoms with Gasteiger partial charge in [0.1, 0.15) is 0 Å². The van der Waals surface area contributed by atoms with E-state index in [1.807, 2.05) is 0 Å². The summed E-state index contributed by atoms with van der Waals surface area (Å²) in [6, 6.07) is 8.74. The second kappa shape index (κ2) is 5.54. The molecule has 20 heavy (non-hydrogen) atoms. The molecule has 0 bridgehead atoms. The first-order valence-electron chi connectivity index (χ1n) is 7.32. The molecule has 1 nitrogen and oxygen atoms in total. The summed E-state index contributed by atoms with van der Waals surface area (Å²) >= 11 is 0. The zero-order valence-electron chi connectivity index (χ0n) is 12.3. The number of fused-ring (bicyclic) bond motifs is 1. The van der Waals surface area contributed by atoms with Crippen LogP contribution in [0.25, 0.3) is 5.57 Å². The van der Waals surface area contributed by atoms with Gasteiger partial charge in [-0.25, -0.2) is 0 Å². The van der Waals surface area contributed by atoms with Gasteiger partial charge in [0.05, 0.1) is 0 Å². The molecule has 0 N–H and O–H groups in total. The fourth-order valence-electron chi connectivity index (χ4n) is 2.80. The lowest BCUT2D eigenvalue weighted by atomic mass is 10.1. The van der Waals surface area contributed by atoms with Crippen molar-refractivity contribution < 1.29 is 0 Å². The van der Waals surface area contributed by atoms with Gasteiger partial charge in [-0.15, -0.1) is 0 Å². The Hall–Kier alpha value is -2.02. The van der Waals surface area contributed by atoms with Gasteiger partial charge in [0, 0.05) is 23.5 Å². The molecule has 0 fully saturated rings. The van der Waals surface area contributed by atoms with E-state index < -0.39 is 0 Å². The van der Waals surface area contributed by atoms with Gasteiger partial charge in [0.25, 0.3) is 0 Å². The van der Waals surface area contributed by atoms with Crippen molar-refractivity contribution in [1.82, 2.24) is 0 Å². The SMILES string of the molecule is CC(C)=C/C=C1\CN(C2=CC=CCC2)c2ccccc21. The topological polar surface area (TPSA) is 3.24 Å². The van der Waals surface area contributed by atoms with Gasteiger partial charge in [-0.2, -0.15) is 0 Å². The van der Waals surface area contributed by atoms with Gasteiger partial charge >= 0.3 is 0 Å². The van der Waals surface area contributed by atoms with Crippen LogP contribution < -0.4 is 4.90 Å². The Bertz CT molecular complexity index is 625. The third kappa shape index (κ3) is 2.49. The maximum absolute atomic E-state index is 2.46. The zero-order valence-corrected chi connectivity index (χ0v) is 12.3. The van der Waals surface area contributed by atoms with Gasteiger partial charge in [-0.1, -0.05) is 48.1 Å². The van der Waals surface area contributed by atoms with Crippen LogP contribution in [0, 0.1) is 0 Å². The summed E-state index contributed by atoms with van der Waals surface area (Å²) in [5, 5.41) is 0. The summed E-state index contributed by atoms with van der Waals surface area (Å²) in [6.07, 6.45) is 13.4. The maximum atomic E-state index is 2.46. The lowest BCUT2D eigenvalue weighted by Crippen LogP contribution is -2.20. The van der Waals surface area contributed by atoms with Crippen LogP contribution in [0.15, 0.2) is 65.9 Å². The van der Waals surface area contributed by atoms with E-state index in [-0.39, 0.29) is 0 Å². The van der Waals surface area contributed by atoms with Gasteiger partial charge < -0.3 is 4.90 Å². The van der Waals surface area contributed by atoms with Crippen molar-refractivity contribution in [3.63, 3.8) is 0 Å². The molecular weight excluding hydrogens is 242 g/mol. The average molecular weight is 263 g/mol. The minimum absolute atomic E-state index is 0.989. The highest BCUT2D eigenvalue weighted by Gasteiger charge is 2.25. The van der Waals surface area contributed by atoms with E-state index in [1.54, 1.807) is 0 Å². The van der Waals surface area contributed by atoms with Crippen LogP contribution in [0.2, 0.25) is 0 Å². The molecule has 0 atom stereocenters. The number of anilines is 1. The molecule has 1 aliphatic carbocycles. The van der Waals surface area contributed by atoms with Gasteiger partial charge in [-0.3, -0.25) is 0 Å². The summed E-state index contributed by atoms with van der Waals surface area (Å²) in [5.74, 6) is 0. The lowest BCUT2D eigenvalue weighted by molar-refractivity contribution is 0.884. The fraction of sp³-hybridized carbons (Fsp3) is 0.263. The summed E-state index contributed by atoms with van der Waals surface area (Å²) in [4.78, 5) is 2.46. The summed E-state index contributed by atoms with van der Waals surface area (Å²) < 4.78 is 0. The molecule has 3 rings (SSSR count). The first-order valence-corrected chi connectivity index (χ1v) is 7.32. The van der Waals surface area contributed by atoms with E-state index in [4.69, 9.17) is 0 Å². The fourth-order valence-corrected chi connectivity index (χ4v) is 2.80. The number of benzene rings is 1. The van der Waals surface area contributed by atoms with Crippen LogP contribution >= 0.6 is 0 Å². The Labute approximate surface area is 121 Å². The molecule has 0 saturated heterocycles. The molecule has 0 radical (unpaired) electrons. The molecule has 0 aromatic heterocycles. The number of hydrogen-bond acceptors (Lipinski definition) is 1. The number of allylic oxidation sites excluding steroid dienone is 7. The first-order chi connectivity index (χ1) is 9.75. The average Bonchev–Trinajstić information content (AvgIpc) is 2.85. The number of nitrogens with zero attached hydrogens (tertiary/aromatic N) is 1. The third-order valence-corrected chi connectivity index (χ3v) is 3.83. The standard InChI is InChI=1S/C19H21N/c1-15(2)12-13-16-14-20(17-8-4-3-5-9-17)19-11-7-6-10-18(16)19/h3-4,6-8,10-13H,5,9,14H2,1-2H3/b16-13+. The van der Waals surface area contributed by atoms with Crippen LogP contribution in [0.1, 0.15) is 32.3 Å². The minimum atomic E-state index is 0.989. The lowest BCUT2D eigenvalue weighted by Gasteiger charge is -2.23. The van der Waals surface area contributed by atoms with Crippen LogP contribution in [0.3, 0.4) is 0 Å². The van der Waals surface area contributed by atoms with Gasteiger partial charge in [0.15, 0.2) is 0 Å². The summed E-state index contributed by atoms with van der Waals surface area (Å²) in [7, 11) is 0. The van der Waals surface area contributed by atoms with Crippen molar-refractivity contribution in [3.8, 4) is 0 Å². The van der Waals surface area contributed by atoms with Crippen molar-refractivity contribution in [2.45, 2.75) is 26.7 Å². The van der Waals surface area contributed by atoms with Crippen molar-refractivity contribution in [2.75, 3.05) is 11.4 Å². The smallest absolute Gasteiger partial charge is 0.0488 e. The molecule has 2 aliphatic rings. The Morgan fingerprint density at radius 2 is 2.05 bits per heavy atom. The van der Waals surface area contributed by atoms with E-state index >= 15 is 0 Å². The quantitative estimate of drug-likeness (QED) is 0.718. The zero-order chi connectivity index (χ0) is 13.9. The second-order valence-electron chi connectivity index (χ2n) is 5.66. The molecule has 1 aliphatic heterocycles. The number of hydrogen-bond donors (Lipinski definition) is 0. The Morgan fingerprint density at radius 3 is 2.80 bits per heavy atom. The van der Waals surface area contributed by atoms with E-state index in [0.29, 0.717) is 0 Å². The second-order valence-corrected chi connectivity index (χ2v) is 5.66. The van der Waals surface area contributed by atoms with E-state index in [2.05, 4.69) is 73.4 Å². The minimum Gasteiger partial charge on any atom is -0.340 e. The van der Waals surface area contributed by atoms with Gasteiger partial charge in [-0.05, 0) is 44.4 Å². The Balaban J connectivity index is 2.00. The molecule has 102 valence electrons. The van der Waals surface area contributed by atoms with Crippen molar-refractivity contribution in [2.24, 2.45) is 0 Å². The van der Waals surface area contributed by atoms with E-state index in [1.165, 1.54) is 28.1 Å². The van der Waals surface area contributed by atoms with Crippen molar-refractivity contribution in [3.05, 3.63) is 71.5 Å². The highest BCUT2D eigenvalue weighted by Crippen LogP contribution is 2.39. The molecule has 1 aromatic carbocycles. The Kier molecular flexibility index (Phi) is 3.60. The maximum Gasteiger partial charge on any atom is 0.0488 e. The van der Waals surface area contributed by atoms with Crippen LogP contribution in [0.4, 0.5) is 5.69 Å². The van der Waals surface area contributed by atoms with E-state index in [0.717, 1.165) is 19.4 Å². The molecule has 1 heteroatoms. The first kappa shape index (κ1) is 13.0. The highest BCUT2D eigenvalue weighted by atomic mass is 15.2. The predicted octanol–water partition coefficient (Wildman–Crippen LogP) is 5.09. The summed E-state index contributed by atoms with van der Waals surface area (Å²) in [5.41, 5.74) is 6.91. The molecular formula is C19H21N. The van der Waals surface area contributed by atoms with Crippen LogP contribution in [-0.4, -0.2) is 6.54 Å². The largest absolute Gasteiger partial charge is 0.340 e. The molecule has 0 amide bonds. The van der Waals surface area contributed by atoms with Crippen LogP contribution in [0.5, 0.6) is 0 Å². The van der Waals surface area contributed by atoms with Crippen molar-refractivity contribution in [1.29, 1.82) is 0 Å². The summed E-state index contributed by atoms with van der Waals surface area (Å²) in [6.45, 7) is 5.27. The van der Waals surface area contributed by atoms with Crippen molar-refractivity contribution >= 4 is 11.3 Å². The monoisotopic (exact) mass is 263 g/mol. The normalized spacial score (nSPS) is 19.0. The molecule has 1 heterocycles. The Morgan fingerprint density at radius 1 is 1.20 bits per heavy atom.